The van der Waals surface area contributed by atoms with E-state index in [1.807, 2.05) is 0 Å². The molecule has 0 N–H and O–H groups in total. The van der Waals surface area contributed by atoms with Gasteiger partial charge in [0.25, 0.3) is 0 Å². The molecule has 0 heterocycles. The minimum absolute atomic E-state index is 0.0966. The van der Waals surface area contributed by atoms with Crippen molar-refractivity contribution in [3.63, 3.8) is 0 Å². The monoisotopic (exact) mass is 225 g/mol. The SMILES string of the molecule is CC(=O)N(C)[CH2][Ge]([CH3])([CH3])[Cl]. The average Bonchev–Trinajstić information content (AvgIpc) is 1.60. The zero-order valence-electron chi connectivity index (χ0n) is 6.94. The summed E-state index contributed by atoms with van der Waals surface area (Å²) in [5, 5.41) is 0.775. The van der Waals surface area contributed by atoms with Crippen molar-refractivity contribution >= 4 is 28.3 Å². The van der Waals surface area contributed by atoms with Crippen molar-refractivity contribution in [2.45, 2.75) is 18.4 Å². The minimum atomic E-state index is -2.06. The molecule has 0 aliphatic carbocycles. The molecule has 0 aliphatic heterocycles. The van der Waals surface area contributed by atoms with Crippen LogP contribution in [0.5, 0.6) is 0 Å². The summed E-state index contributed by atoms with van der Waals surface area (Å²) in [4.78, 5) is 12.4. The summed E-state index contributed by atoms with van der Waals surface area (Å²) >= 11 is -2.06. The number of hydrogen-bond donors (Lipinski definition) is 0. The van der Waals surface area contributed by atoms with Crippen LogP contribution in [0.25, 0.3) is 0 Å². The summed E-state index contributed by atoms with van der Waals surface area (Å²) in [5.41, 5.74) is 0. The third-order valence-corrected chi connectivity index (χ3v) is 4.34. The van der Waals surface area contributed by atoms with Gasteiger partial charge in [-0.2, -0.15) is 0 Å². The molecule has 4 heteroatoms. The Kier molecular flexibility index (Phi) is 3.73. The van der Waals surface area contributed by atoms with E-state index in [1.54, 1.807) is 18.9 Å². The van der Waals surface area contributed by atoms with Gasteiger partial charge in [0.05, 0.1) is 0 Å². The van der Waals surface area contributed by atoms with E-state index in [9.17, 15) is 4.79 Å². The van der Waals surface area contributed by atoms with E-state index in [0.29, 0.717) is 0 Å². The van der Waals surface area contributed by atoms with Crippen LogP contribution in [0.4, 0.5) is 0 Å². The predicted molar refractivity (Wildman–Crippen MR) is 46.6 cm³/mol. The Bertz CT molecular complexity index is 132. The zero-order chi connectivity index (χ0) is 8.36. The molecule has 0 radical (unpaired) electrons. The van der Waals surface area contributed by atoms with E-state index in [-0.39, 0.29) is 5.91 Å². The maximum absolute atomic E-state index is 10.7. The van der Waals surface area contributed by atoms with Gasteiger partial charge in [-0.15, -0.1) is 0 Å². The summed E-state index contributed by atoms with van der Waals surface area (Å²) < 4.78 is 0. The molecule has 0 spiro atoms. The molecule has 0 aliphatic rings. The number of halogens is 1. The topological polar surface area (TPSA) is 20.3 Å². The van der Waals surface area contributed by atoms with Gasteiger partial charge in [0.1, 0.15) is 0 Å². The van der Waals surface area contributed by atoms with Gasteiger partial charge in [0, 0.05) is 0 Å². The van der Waals surface area contributed by atoms with Crippen molar-refractivity contribution in [1.29, 1.82) is 0 Å². The maximum atomic E-state index is 10.7. The molecular formula is C6H14ClGeNO. The molecule has 60 valence electrons. The van der Waals surface area contributed by atoms with E-state index >= 15 is 0 Å². The van der Waals surface area contributed by atoms with Gasteiger partial charge in [-0.25, -0.2) is 0 Å². The van der Waals surface area contributed by atoms with Gasteiger partial charge < -0.3 is 0 Å². The fraction of sp³-hybridized carbons (Fsp3) is 0.833. The summed E-state index contributed by atoms with van der Waals surface area (Å²) in [6.45, 7) is 1.56. The van der Waals surface area contributed by atoms with Crippen LogP contribution in [-0.4, -0.2) is 35.6 Å². The van der Waals surface area contributed by atoms with Gasteiger partial charge >= 0.3 is 68.8 Å². The molecule has 0 saturated heterocycles. The summed E-state index contributed by atoms with van der Waals surface area (Å²) in [5.74, 6) is 4.24. The van der Waals surface area contributed by atoms with Crippen molar-refractivity contribution < 1.29 is 4.79 Å². The fourth-order valence-electron chi connectivity index (χ4n) is 0.675. The second-order valence-corrected chi connectivity index (χ2v) is 16.3. The normalized spacial score (nSPS) is 11.3. The molecule has 0 aromatic rings. The molecule has 0 bridgehead atoms. The Balaban J connectivity index is 3.80. The van der Waals surface area contributed by atoms with E-state index in [0.717, 1.165) is 5.38 Å². The second kappa shape index (κ2) is 3.62. The Hall–Kier alpha value is 0.303. The van der Waals surface area contributed by atoms with Crippen molar-refractivity contribution in [1.82, 2.24) is 4.90 Å². The van der Waals surface area contributed by atoms with Gasteiger partial charge in [0.2, 0.25) is 0 Å². The zero-order valence-corrected chi connectivity index (χ0v) is 9.79. The summed E-state index contributed by atoms with van der Waals surface area (Å²) in [7, 11) is 7.86. The molecule has 2 nitrogen and oxygen atoms in total. The van der Waals surface area contributed by atoms with Gasteiger partial charge in [-0.05, 0) is 0 Å². The number of nitrogens with zero attached hydrogens (tertiary/aromatic N) is 1. The fourth-order valence-corrected chi connectivity index (χ4v) is 4.44. The van der Waals surface area contributed by atoms with Gasteiger partial charge in [0.15, 0.2) is 0 Å². The Morgan fingerprint density at radius 2 is 2.00 bits per heavy atom. The number of carbonyl (C=O) groups excluding carboxylic acids is 1. The second-order valence-electron chi connectivity index (χ2n) is 3.09. The Labute approximate surface area is 69.1 Å². The van der Waals surface area contributed by atoms with Crippen molar-refractivity contribution in [2.75, 3.05) is 12.4 Å². The molecule has 0 fully saturated rings. The first-order valence-corrected chi connectivity index (χ1v) is 11.7. The molecule has 10 heavy (non-hydrogen) atoms. The van der Waals surface area contributed by atoms with Crippen LogP contribution >= 0.6 is 10.0 Å². The first-order chi connectivity index (χ1) is 4.33. The van der Waals surface area contributed by atoms with Crippen LogP contribution in [-0.2, 0) is 4.79 Å². The number of amides is 1. The van der Waals surface area contributed by atoms with Crippen LogP contribution in [0.15, 0.2) is 0 Å². The third-order valence-electron chi connectivity index (χ3n) is 1.15. The van der Waals surface area contributed by atoms with E-state index in [2.05, 4.69) is 11.5 Å². The molecule has 0 saturated carbocycles. The molecule has 0 atom stereocenters. The van der Waals surface area contributed by atoms with Gasteiger partial charge in [-0.3, -0.25) is 0 Å². The van der Waals surface area contributed by atoms with E-state index < -0.39 is 12.3 Å². The molecular weight excluding hydrogens is 210 g/mol. The van der Waals surface area contributed by atoms with Gasteiger partial charge in [-0.1, -0.05) is 0 Å². The van der Waals surface area contributed by atoms with Crippen LogP contribution < -0.4 is 0 Å². The van der Waals surface area contributed by atoms with Crippen LogP contribution in [0, 0.1) is 0 Å². The summed E-state index contributed by atoms with van der Waals surface area (Å²) in [6.07, 6.45) is 0. The number of carbonyl (C=O) groups is 1. The van der Waals surface area contributed by atoms with Crippen molar-refractivity contribution in [2.24, 2.45) is 0 Å². The van der Waals surface area contributed by atoms with E-state index in [1.165, 1.54) is 0 Å². The molecule has 0 rings (SSSR count). The molecule has 0 aromatic heterocycles. The standard InChI is InChI=1S/C6H14ClGeNO/c1-6(10)9(4)5-8(2,3)7/h5H2,1-4H3. The first kappa shape index (κ1) is 10.3. The quantitative estimate of drug-likeness (QED) is 0.650. The van der Waals surface area contributed by atoms with Crippen molar-refractivity contribution in [3.05, 3.63) is 0 Å². The van der Waals surface area contributed by atoms with E-state index in [4.69, 9.17) is 10.0 Å². The predicted octanol–water partition coefficient (Wildman–Crippen LogP) is 1.45. The Morgan fingerprint density at radius 1 is 1.60 bits per heavy atom. The first-order valence-electron chi connectivity index (χ1n) is 3.23. The Morgan fingerprint density at radius 3 is 2.10 bits per heavy atom. The molecule has 1 amide bonds. The van der Waals surface area contributed by atoms with Crippen molar-refractivity contribution in [3.8, 4) is 0 Å². The average molecular weight is 224 g/mol. The summed E-state index contributed by atoms with van der Waals surface area (Å²) in [6, 6.07) is 0. The van der Waals surface area contributed by atoms with Crippen LogP contribution in [0.3, 0.4) is 0 Å². The number of hydrogen-bond acceptors (Lipinski definition) is 1. The third kappa shape index (κ3) is 5.12. The molecule has 0 aromatic carbocycles. The number of rotatable bonds is 2. The molecule has 0 unspecified atom stereocenters. The van der Waals surface area contributed by atoms with Crippen LogP contribution in [0.1, 0.15) is 6.92 Å². The van der Waals surface area contributed by atoms with Crippen LogP contribution in [0.2, 0.25) is 11.5 Å².